The van der Waals surface area contributed by atoms with E-state index in [1.165, 1.54) is 0 Å². The van der Waals surface area contributed by atoms with Gasteiger partial charge in [-0.15, -0.1) is 0 Å². The first-order valence-electron chi connectivity index (χ1n) is 6.05. The molecule has 0 atom stereocenters. The minimum absolute atomic E-state index is 0.00293. The van der Waals surface area contributed by atoms with E-state index in [1.54, 1.807) is 12.1 Å². The summed E-state index contributed by atoms with van der Waals surface area (Å²) in [5.74, 6) is 0. The van der Waals surface area contributed by atoms with Gasteiger partial charge in [-0.3, -0.25) is 0 Å². The second-order valence-electron chi connectivity index (χ2n) is 4.30. The van der Waals surface area contributed by atoms with Crippen molar-refractivity contribution in [3.8, 4) is 0 Å². The molecule has 0 saturated carbocycles. The number of aliphatic hydroxyl groups is 2. The van der Waals surface area contributed by atoms with Gasteiger partial charge in [-0.05, 0) is 28.8 Å². The number of aliphatic hydroxyl groups excluding tert-OH is 2. The fraction of sp³-hybridized carbons (Fsp3) is 0.200. The maximum atomic E-state index is 9.10. The molecule has 0 aliphatic carbocycles. The van der Waals surface area contributed by atoms with Crippen molar-refractivity contribution in [2.75, 3.05) is 5.32 Å². The van der Waals surface area contributed by atoms with Gasteiger partial charge < -0.3 is 15.5 Å². The van der Waals surface area contributed by atoms with Crippen LogP contribution in [0.4, 0.5) is 5.69 Å². The van der Waals surface area contributed by atoms with Crippen LogP contribution in [0, 0.1) is 0 Å². The van der Waals surface area contributed by atoms with Gasteiger partial charge in [0.25, 0.3) is 0 Å². The molecule has 0 bridgehead atoms. The van der Waals surface area contributed by atoms with Crippen molar-refractivity contribution < 1.29 is 10.2 Å². The molecule has 0 heterocycles. The van der Waals surface area contributed by atoms with Crippen molar-refractivity contribution in [3.63, 3.8) is 0 Å². The van der Waals surface area contributed by atoms with Gasteiger partial charge in [0, 0.05) is 6.54 Å². The Bertz CT molecular complexity index is 540. The van der Waals surface area contributed by atoms with Gasteiger partial charge in [-0.2, -0.15) is 0 Å². The van der Waals surface area contributed by atoms with Gasteiger partial charge in [-0.1, -0.05) is 41.9 Å². The number of hydrogen-bond donors (Lipinski definition) is 3. The molecule has 2 aromatic carbocycles. The Labute approximate surface area is 117 Å². The zero-order chi connectivity index (χ0) is 13.7. The lowest BCUT2D eigenvalue weighted by Crippen LogP contribution is -2.01. The lowest BCUT2D eigenvalue weighted by molar-refractivity contribution is 0.281. The van der Waals surface area contributed by atoms with Crippen molar-refractivity contribution in [2.24, 2.45) is 0 Å². The number of anilines is 1. The van der Waals surface area contributed by atoms with Gasteiger partial charge >= 0.3 is 0 Å². The standard InChI is InChI=1S/C15H16ClNO2/c16-14-6-5-13(10-19)7-15(14)17-8-11-1-3-12(9-18)4-2-11/h1-7,17-19H,8-10H2. The first-order chi connectivity index (χ1) is 9.22. The average molecular weight is 278 g/mol. The molecule has 3 nitrogen and oxygen atoms in total. The van der Waals surface area contributed by atoms with Crippen LogP contribution < -0.4 is 5.32 Å². The fourth-order valence-corrected chi connectivity index (χ4v) is 1.95. The van der Waals surface area contributed by atoms with Crippen molar-refractivity contribution in [1.82, 2.24) is 0 Å². The monoisotopic (exact) mass is 277 g/mol. The van der Waals surface area contributed by atoms with E-state index in [-0.39, 0.29) is 13.2 Å². The SMILES string of the molecule is OCc1ccc(CNc2cc(CO)ccc2Cl)cc1. The van der Waals surface area contributed by atoms with E-state index in [9.17, 15) is 0 Å². The second kappa shape index (κ2) is 6.57. The molecule has 0 aliphatic heterocycles. The molecule has 2 aromatic rings. The summed E-state index contributed by atoms with van der Waals surface area (Å²) in [4.78, 5) is 0. The van der Waals surface area contributed by atoms with Crippen LogP contribution in [0.2, 0.25) is 5.02 Å². The van der Waals surface area contributed by atoms with Crippen molar-refractivity contribution in [2.45, 2.75) is 19.8 Å². The molecule has 0 aliphatic rings. The van der Waals surface area contributed by atoms with Gasteiger partial charge in [0.2, 0.25) is 0 Å². The molecule has 0 amide bonds. The Kier molecular flexibility index (Phi) is 4.80. The molecule has 3 N–H and O–H groups in total. The van der Waals surface area contributed by atoms with Crippen LogP contribution in [0.3, 0.4) is 0 Å². The number of hydrogen-bond acceptors (Lipinski definition) is 3. The average Bonchev–Trinajstić information content (AvgIpc) is 2.47. The summed E-state index contributed by atoms with van der Waals surface area (Å²) in [5.41, 5.74) is 3.62. The molecule has 0 radical (unpaired) electrons. The molecular formula is C15H16ClNO2. The summed E-state index contributed by atoms with van der Waals surface area (Å²) in [5, 5.41) is 21.9. The normalized spacial score (nSPS) is 10.5. The van der Waals surface area contributed by atoms with Gasteiger partial charge in [-0.25, -0.2) is 0 Å². The Balaban J connectivity index is 2.05. The summed E-state index contributed by atoms with van der Waals surface area (Å²) < 4.78 is 0. The van der Waals surface area contributed by atoms with Gasteiger partial charge in [0.1, 0.15) is 0 Å². The van der Waals surface area contributed by atoms with Crippen LogP contribution in [0.25, 0.3) is 0 Å². The largest absolute Gasteiger partial charge is 0.392 e. The van der Waals surface area contributed by atoms with Crippen molar-refractivity contribution in [3.05, 3.63) is 64.2 Å². The number of nitrogens with one attached hydrogen (secondary N) is 1. The Morgan fingerprint density at radius 3 is 2.05 bits per heavy atom. The third-order valence-electron chi connectivity index (χ3n) is 2.90. The predicted octanol–water partition coefficient (Wildman–Crippen LogP) is 2.94. The highest BCUT2D eigenvalue weighted by Gasteiger charge is 2.02. The van der Waals surface area contributed by atoms with Crippen molar-refractivity contribution >= 4 is 17.3 Å². The summed E-state index contributed by atoms with van der Waals surface area (Å²) in [6.07, 6.45) is 0. The molecule has 0 saturated heterocycles. The summed E-state index contributed by atoms with van der Waals surface area (Å²) in [6, 6.07) is 13.1. The minimum Gasteiger partial charge on any atom is -0.392 e. The first-order valence-corrected chi connectivity index (χ1v) is 6.42. The quantitative estimate of drug-likeness (QED) is 0.788. The highest BCUT2D eigenvalue weighted by atomic mass is 35.5. The number of benzene rings is 2. The molecule has 4 heteroatoms. The summed E-state index contributed by atoms with van der Waals surface area (Å²) in [6.45, 7) is 0.690. The van der Waals surface area contributed by atoms with E-state index < -0.39 is 0 Å². The van der Waals surface area contributed by atoms with E-state index in [1.807, 2.05) is 30.3 Å². The van der Waals surface area contributed by atoms with E-state index in [2.05, 4.69) is 5.32 Å². The number of rotatable bonds is 5. The molecule has 0 unspecified atom stereocenters. The Morgan fingerprint density at radius 1 is 0.842 bits per heavy atom. The lowest BCUT2D eigenvalue weighted by Gasteiger charge is -2.10. The maximum absolute atomic E-state index is 9.10. The van der Waals surface area contributed by atoms with Crippen LogP contribution in [0.1, 0.15) is 16.7 Å². The van der Waals surface area contributed by atoms with Crippen LogP contribution >= 0.6 is 11.6 Å². The van der Waals surface area contributed by atoms with E-state index in [4.69, 9.17) is 21.8 Å². The predicted molar refractivity (Wildman–Crippen MR) is 77.1 cm³/mol. The fourth-order valence-electron chi connectivity index (χ4n) is 1.77. The Hall–Kier alpha value is -1.55. The summed E-state index contributed by atoms with van der Waals surface area (Å²) >= 11 is 6.09. The first kappa shape index (κ1) is 13.9. The van der Waals surface area contributed by atoms with Crippen LogP contribution in [0.5, 0.6) is 0 Å². The van der Waals surface area contributed by atoms with Gasteiger partial charge in [0.05, 0.1) is 23.9 Å². The Morgan fingerprint density at radius 2 is 1.42 bits per heavy atom. The lowest BCUT2D eigenvalue weighted by atomic mass is 10.1. The zero-order valence-corrected chi connectivity index (χ0v) is 11.2. The van der Waals surface area contributed by atoms with Gasteiger partial charge in [0.15, 0.2) is 0 Å². The van der Waals surface area contributed by atoms with Crippen molar-refractivity contribution in [1.29, 1.82) is 0 Å². The molecule has 0 fully saturated rings. The summed E-state index contributed by atoms with van der Waals surface area (Å²) in [7, 11) is 0. The third-order valence-corrected chi connectivity index (χ3v) is 3.23. The molecule has 0 spiro atoms. The highest BCUT2D eigenvalue weighted by molar-refractivity contribution is 6.33. The molecule has 100 valence electrons. The van der Waals surface area contributed by atoms with E-state index in [0.717, 1.165) is 22.4 Å². The van der Waals surface area contributed by atoms with Crippen LogP contribution in [0.15, 0.2) is 42.5 Å². The number of halogens is 1. The molecule has 2 rings (SSSR count). The molecule has 0 aromatic heterocycles. The van der Waals surface area contributed by atoms with E-state index >= 15 is 0 Å². The topological polar surface area (TPSA) is 52.5 Å². The highest BCUT2D eigenvalue weighted by Crippen LogP contribution is 2.23. The molecular weight excluding hydrogens is 262 g/mol. The molecule has 19 heavy (non-hydrogen) atoms. The minimum atomic E-state index is -0.00293. The second-order valence-corrected chi connectivity index (χ2v) is 4.71. The smallest absolute Gasteiger partial charge is 0.0682 e. The van der Waals surface area contributed by atoms with Crippen LogP contribution in [-0.4, -0.2) is 10.2 Å². The van der Waals surface area contributed by atoms with Crippen LogP contribution in [-0.2, 0) is 19.8 Å². The zero-order valence-electron chi connectivity index (χ0n) is 10.4. The third kappa shape index (κ3) is 3.70. The van der Waals surface area contributed by atoms with E-state index in [0.29, 0.717) is 11.6 Å². The maximum Gasteiger partial charge on any atom is 0.0682 e.